The molecule has 2 rings (SSSR count). The zero-order valence-corrected chi connectivity index (χ0v) is 25.4. The van der Waals surface area contributed by atoms with Gasteiger partial charge in [-0.3, -0.25) is 9.59 Å². The maximum atomic E-state index is 12.4. The van der Waals surface area contributed by atoms with E-state index in [0.29, 0.717) is 31.1 Å². The number of carboxylic acid groups (broad SMARTS) is 1. The standard InChI is InChI=1S/C23H36O7.C8H19N/c1-4-13(2)23(29)30-20-11-17(25)9-15-6-5-14(3)19(22(15)20)8-7-16(24)10-18(26)12-21(27)28;1-7(2,3)6-8(4,5)9/h5-6,9,13-14,16-20,22,24-26H,4,7-8,10-12H2,1-3H3,(H,27,28);6,9H2,1-5H3/t13?,14-,16?,17+,18?,19-,20-,22-;/m0./s1. The molecule has 0 saturated heterocycles. The van der Waals surface area contributed by atoms with Gasteiger partial charge in [-0.15, -0.1) is 0 Å². The molecule has 226 valence electrons. The van der Waals surface area contributed by atoms with Crippen molar-refractivity contribution < 1.29 is 34.8 Å². The van der Waals surface area contributed by atoms with Crippen molar-refractivity contribution in [3.8, 4) is 0 Å². The fraction of sp³-hybridized carbons (Fsp3) is 0.806. The Morgan fingerprint density at radius 3 is 2.26 bits per heavy atom. The van der Waals surface area contributed by atoms with Crippen LogP contribution in [0.5, 0.6) is 0 Å². The number of hydrogen-bond acceptors (Lipinski definition) is 7. The number of nitrogens with two attached hydrogens (primary N) is 1. The number of allylic oxidation sites excluding steroid dienone is 2. The second kappa shape index (κ2) is 15.3. The molecule has 3 unspecified atom stereocenters. The summed E-state index contributed by atoms with van der Waals surface area (Å²) in [7, 11) is 0. The lowest BCUT2D eigenvalue weighted by Crippen LogP contribution is -2.43. The van der Waals surface area contributed by atoms with Crippen LogP contribution in [0.3, 0.4) is 0 Å². The minimum Gasteiger partial charge on any atom is -0.481 e. The molecule has 0 aromatic rings. The Labute approximate surface area is 235 Å². The van der Waals surface area contributed by atoms with Gasteiger partial charge in [0.25, 0.3) is 0 Å². The number of aliphatic hydroxyl groups excluding tert-OH is 3. The Kier molecular flexibility index (Phi) is 13.9. The largest absolute Gasteiger partial charge is 0.481 e. The summed E-state index contributed by atoms with van der Waals surface area (Å²) in [5.41, 5.74) is 7.12. The third kappa shape index (κ3) is 13.4. The predicted molar refractivity (Wildman–Crippen MR) is 154 cm³/mol. The number of hydrogen-bond donors (Lipinski definition) is 5. The Balaban J connectivity index is 0.000000724. The van der Waals surface area contributed by atoms with Gasteiger partial charge in [0.05, 0.1) is 30.7 Å². The maximum absolute atomic E-state index is 12.4. The van der Waals surface area contributed by atoms with Crippen LogP contribution in [-0.2, 0) is 14.3 Å². The van der Waals surface area contributed by atoms with Gasteiger partial charge < -0.3 is 30.9 Å². The van der Waals surface area contributed by atoms with Gasteiger partial charge in [-0.05, 0) is 68.8 Å². The van der Waals surface area contributed by atoms with Gasteiger partial charge in [0.15, 0.2) is 0 Å². The Hall–Kier alpha value is -1.74. The minimum absolute atomic E-state index is 0.0156. The van der Waals surface area contributed by atoms with E-state index in [-0.39, 0.29) is 48.0 Å². The maximum Gasteiger partial charge on any atom is 0.308 e. The third-order valence-electron chi connectivity index (χ3n) is 7.43. The highest BCUT2D eigenvalue weighted by molar-refractivity contribution is 5.72. The van der Waals surface area contributed by atoms with Crippen molar-refractivity contribution in [3.63, 3.8) is 0 Å². The highest BCUT2D eigenvalue weighted by Gasteiger charge is 2.42. The summed E-state index contributed by atoms with van der Waals surface area (Å²) in [6.45, 7) is 16.6. The van der Waals surface area contributed by atoms with Gasteiger partial charge >= 0.3 is 11.9 Å². The monoisotopic (exact) mass is 553 g/mol. The molecular weight excluding hydrogens is 498 g/mol. The van der Waals surface area contributed by atoms with Crippen LogP contribution in [0.4, 0.5) is 0 Å². The first-order valence-electron chi connectivity index (χ1n) is 14.5. The summed E-state index contributed by atoms with van der Waals surface area (Å²) in [5, 5.41) is 39.1. The molecule has 0 radical (unpaired) electrons. The molecule has 8 nitrogen and oxygen atoms in total. The topological polar surface area (TPSA) is 150 Å². The lowest BCUT2D eigenvalue weighted by atomic mass is 9.66. The summed E-state index contributed by atoms with van der Waals surface area (Å²) in [5.74, 6) is -1.31. The number of aliphatic hydroxyl groups is 3. The van der Waals surface area contributed by atoms with Gasteiger partial charge in [-0.1, -0.05) is 59.8 Å². The molecular formula is C31H55NO7. The van der Waals surface area contributed by atoms with Gasteiger partial charge in [0.1, 0.15) is 6.10 Å². The van der Waals surface area contributed by atoms with Crippen LogP contribution >= 0.6 is 0 Å². The van der Waals surface area contributed by atoms with E-state index >= 15 is 0 Å². The number of esters is 1. The van der Waals surface area contributed by atoms with E-state index in [2.05, 4.69) is 47.6 Å². The molecule has 2 aliphatic rings. The average molecular weight is 554 g/mol. The quantitative estimate of drug-likeness (QED) is 0.233. The zero-order chi connectivity index (χ0) is 30.1. The molecule has 0 heterocycles. The van der Waals surface area contributed by atoms with E-state index in [9.17, 15) is 24.9 Å². The second-order valence-corrected chi connectivity index (χ2v) is 13.6. The van der Waals surface area contributed by atoms with Gasteiger partial charge in [-0.25, -0.2) is 0 Å². The van der Waals surface area contributed by atoms with Crippen LogP contribution in [0, 0.1) is 29.1 Å². The second-order valence-electron chi connectivity index (χ2n) is 13.6. The van der Waals surface area contributed by atoms with Crippen LogP contribution in [-0.4, -0.2) is 62.3 Å². The number of ether oxygens (including phenoxy) is 1. The first kappa shape index (κ1) is 35.3. The van der Waals surface area contributed by atoms with Crippen molar-refractivity contribution in [2.45, 2.75) is 130 Å². The van der Waals surface area contributed by atoms with E-state index in [1.54, 1.807) is 0 Å². The molecule has 0 aromatic heterocycles. The molecule has 2 aliphatic carbocycles. The normalized spacial score (nSPS) is 27.3. The van der Waals surface area contributed by atoms with Crippen molar-refractivity contribution in [2.75, 3.05) is 0 Å². The van der Waals surface area contributed by atoms with Crippen LogP contribution in [0.15, 0.2) is 23.8 Å². The van der Waals surface area contributed by atoms with E-state index in [1.807, 2.05) is 26.0 Å². The SMILES string of the molecule is CC(C)(C)CC(C)(C)N.CCC(C)C(=O)O[C@H]1C[C@H](O)C=C2C=C[C@H](C)[C@H](CCC(O)CC(O)CC(=O)O)[C@H]21. The van der Waals surface area contributed by atoms with E-state index in [1.165, 1.54) is 0 Å². The highest BCUT2D eigenvalue weighted by Crippen LogP contribution is 2.44. The molecule has 0 fully saturated rings. The van der Waals surface area contributed by atoms with Crippen molar-refractivity contribution in [2.24, 2.45) is 34.8 Å². The van der Waals surface area contributed by atoms with E-state index in [0.717, 1.165) is 12.0 Å². The Morgan fingerprint density at radius 1 is 1.15 bits per heavy atom. The van der Waals surface area contributed by atoms with Crippen molar-refractivity contribution in [1.29, 1.82) is 0 Å². The zero-order valence-electron chi connectivity index (χ0n) is 25.4. The van der Waals surface area contributed by atoms with Crippen LogP contribution < -0.4 is 5.73 Å². The van der Waals surface area contributed by atoms with Crippen LogP contribution in [0.2, 0.25) is 0 Å². The third-order valence-corrected chi connectivity index (χ3v) is 7.43. The molecule has 0 aliphatic heterocycles. The fourth-order valence-electron chi connectivity index (χ4n) is 5.89. The van der Waals surface area contributed by atoms with Crippen molar-refractivity contribution >= 4 is 11.9 Å². The van der Waals surface area contributed by atoms with Crippen LogP contribution in [0.1, 0.15) is 100 Å². The van der Waals surface area contributed by atoms with Gasteiger partial charge in [0.2, 0.25) is 0 Å². The number of carbonyl (C=O) groups excluding carboxylic acids is 1. The first-order chi connectivity index (χ1) is 17.8. The molecule has 6 N–H and O–H groups in total. The number of rotatable bonds is 11. The first-order valence-corrected chi connectivity index (χ1v) is 14.5. The Morgan fingerprint density at radius 2 is 1.77 bits per heavy atom. The molecule has 0 amide bonds. The predicted octanol–water partition coefficient (Wildman–Crippen LogP) is 4.60. The number of carboxylic acids is 1. The Bertz CT molecular complexity index is 827. The number of aliphatic carboxylic acids is 1. The molecule has 8 heteroatoms. The van der Waals surface area contributed by atoms with Crippen molar-refractivity contribution in [3.05, 3.63) is 23.8 Å². The average Bonchev–Trinajstić information content (AvgIpc) is 2.75. The van der Waals surface area contributed by atoms with Crippen LogP contribution in [0.25, 0.3) is 0 Å². The molecule has 0 aromatic carbocycles. The highest BCUT2D eigenvalue weighted by atomic mass is 16.5. The molecule has 0 saturated carbocycles. The van der Waals surface area contributed by atoms with Gasteiger partial charge in [0, 0.05) is 17.9 Å². The summed E-state index contributed by atoms with van der Waals surface area (Å²) in [6.07, 6.45) is 5.71. The lowest BCUT2D eigenvalue weighted by Gasteiger charge is -2.43. The van der Waals surface area contributed by atoms with E-state index < -0.39 is 30.4 Å². The molecule has 0 bridgehead atoms. The number of carbonyl (C=O) groups is 2. The minimum atomic E-state index is -1.10. The molecule has 8 atom stereocenters. The summed E-state index contributed by atoms with van der Waals surface area (Å²) < 4.78 is 5.84. The summed E-state index contributed by atoms with van der Waals surface area (Å²) in [6, 6.07) is 0. The van der Waals surface area contributed by atoms with Gasteiger partial charge in [-0.2, -0.15) is 0 Å². The van der Waals surface area contributed by atoms with E-state index in [4.69, 9.17) is 15.6 Å². The molecule has 0 spiro atoms. The smallest absolute Gasteiger partial charge is 0.308 e. The lowest BCUT2D eigenvalue weighted by molar-refractivity contribution is -0.159. The van der Waals surface area contributed by atoms with Crippen molar-refractivity contribution in [1.82, 2.24) is 0 Å². The number of fused-ring (bicyclic) bond motifs is 1. The molecule has 39 heavy (non-hydrogen) atoms. The summed E-state index contributed by atoms with van der Waals surface area (Å²) >= 11 is 0. The fourth-order valence-corrected chi connectivity index (χ4v) is 5.89. The summed E-state index contributed by atoms with van der Waals surface area (Å²) in [4.78, 5) is 23.1.